The van der Waals surface area contributed by atoms with Gasteiger partial charge < -0.3 is 19.2 Å². The van der Waals surface area contributed by atoms with E-state index in [1.165, 1.54) is 5.39 Å². The second-order valence-electron chi connectivity index (χ2n) is 8.00. The summed E-state index contributed by atoms with van der Waals surface area (Å²) in [6.07, 6.45) is 7.49. The molecule has 0 radical (unpaired) electrons. The molecule has 3 aromatic heterocycles. The van der Waals surface area contributed by atoms with Gasteiger partial charge in [-0.1, -0.05) is 12.1 Å². The second kappa shape index (κ2) is 8.35. The standard InChI is InChI=1S/C24H25N5O2/c1-28-10-5-18-3-2-17(14-22(18)28)16-29-11-6-19(15-23(29)30)21-4-9-25-24(27-21)26-20-7-12-31-13-8-20/h2-6,9-11,14-15,20H,7-8,12-13,16H2,1H3,(H,25,26,27). The van der Waals surface area contributed by atoms with Gasteiger partial charge in [0.15, 0.2) is 0 Å². The fraction of sp³-hybridized carbons (Fsp3) is 0.292. The molecule has 1 aromatic carbocycles. The molecule has 0 aliphatic carbocycles. The lowest BCUT2D eigenvalue weighted by atomic mass is 10.1. The molecule has 0 amide bonds. The van der Waals surface area contributed by atoms with Gasteiger partial charge in [-0.25, -0.2) is 9.97 Å². The van der Waals surface area contributed by atoms with E-state index in [4.69, 9.17) is 4.74 Å². The molecule has 1 fully saturated rings. The number of rotatable bonds is 5. The Morgan fingerprint density at radius 1 is 1.10 bits per heavy atom. The molecule has 1 aliphatic rings. The Morgan fingerprint density at radius 2 is 1.97 bits per heavy atom. The molecule has 158 valence electrons. The fourth-order valence-electron chi connectivity index (χ4n) is 4.01. The van der Waals surface area contributed by atoms with Crippen LogP contribution in [-0.2, 0) is 18.3 Å². The maximum atomic E-state index is 12.8. The summed E-state index contributed by atoms with van der Waals surface area (Å²) in [7, 11) is 2.03. The van der Waals surface area contributed by atoms with Crippen LogP contribution < -0.4 is 10.9 Å². The predicted octanol–water partition coefficient (Wildman–Crippen LogP) is 3.44. The van der Waals surface area contributed by atoms with Crippen molar-refractivity contribution in [2.75, 3.05) is 18.5 Å². The van der Waals surface area contributed by atoms with Crippen molar-refractivity contribution in [1.82, 2.24) is 19.1 Å². The Morgan fingerprint density at radius 3 is 2.81 bits per heavy atom. The lowest BCUT2D eigenvalue weighted by molar-refractivity contribution is 0.0903. The van der Waals surface area contributed by atoms with Gasteiger partial charge in [-0.2, -0.15) is 0 Å². The number of hydrogen-bond acceptors (Lipinski definition) is 5. The Labute approximate surface area is 180 Å². The minimum absolute atomic E-state index is 0.0537. The van der Waals surface area contributed by atoms with Crippen molar-refractivity contribution < 1.29 is 4.74 Å². The topological polar surface area (TPSA) is 74.0 Å². The van der Waals surface area contributed by atoms with Crippen LogP contribution in [0.3, 0.4) is 0 Å². The highest BCUT2D eigenvalue weighted by Crippen LogP contribution is 2.19. The third kappa shape index (κ3) is 4.22. The molecule has 4 aromatic rings. The quantitative estimate of drug-likeness (QED) is 0.541. The van der Waals surface area contributed by atoms with E-state index in [9.17, 15) is 4.79 Å². The van der Waals surface area contributed by atoms with Gasteiger partial charge in [-0.3, -0.25) is 4.79 Å². The van der Waals surface area contributed by atoms with E-state index in [0.717, 1.165) is 48.4 Å². The van der Waals surface area contributed by atoms with Crippen molar-refractivity contribution >= 4 is 16.9 Å². The number of ether oxygens (including phenoxy) is 1. The first-order valence-electron chi connectivity index (χ1n) is 10.6. The molecular formula is C24H25N5O2. The molecule has 0 atom stereocenters. The van der Waals surface area contributed by atoms with Gasteiger partial charge in [0.25, 0.3) is 5.56 Å². The summed E-state index contributed by atoms with van der Waals surface area (Å²) in [6.45, 7) is 2.04. The van der Waals surface area contributed by atoms with Gasteiger partial charge in [0, 0.05) is 62.0 Å². The monoisotopic (exact) mass is 415 g/mol. The van der Waals surface area contributed by atoms with Crippen LogP contribution in [0.2, 0.25) is 0 Å². The summed E-state index contributed by atoms with van der Waals surface area (Å²) in [5.74, 6) is 0.587. The zero-order valence-corrected chi connectivity index (χ0v) is 17.5. The molecule has 5 rings (SSSR count). The van der Waals surface area contributed by atoms with Crippen LogP contribution >= 0.6 is 0 Å². The van der Waals surface area contributed by atoms with Crippen molar-refractivity contribution in [2.45, 2.75) is 25.4 Å². The van der Waals surface area contributed by atoms with Gasteiger partial charge >= 0.3 is 0 Å². The first-order valence-corrected chi connectivity index (χ1v) is 10.6. The third-order valence-electron chi connectivity index (χ3n) is 5.81. The number of hydrogen-bond donors (Lipinski definition) is 1. The normalized spacial score (nSPS) is 14.7. The number of aryl methyl sites for hydroxylation is 1. The Kier molecular flexibility index (Phi) is 5.26. The highest BCUT2D eigenvalue weighted by molar-refractivity contribution is 5.80. The van der Waals surface area contributed by atoms with E-state index in [0.29, 0.717) is 18.5 Å². The Hall–Kier alpha value is -3.45. The van der Waals surface area contributed by atoms with Gasteiger partial charge in [0.1, 0.15) is 0 Å². The molecule has 0 unspecified atom stereocenters. The maximum Gasteiger partial charge on any atom is 0.251 e. The van der Waals surface area contributed by atoms with Gasteiger partial charge in [-0.05, 0) is 48.1 Å². The zero-order chi connectivity index (χ0) is 21.2. The average Bonchev–Trinajstić information content (AvgIpc) is 3.16. The molecule has 7 heteroatoms. The Balaban J connectivity index is 1.35. The van der Waals surface area contributed by atoms with Crippen molar-refractivity contribution in [2.24, 2.45) is 7.05 Å². The summed E-state index contributed by atoms with van der Waals surface area (Å²) in [4.78, 5) is 21.7. The van der Waals surface area contributed by atoms with Crippen molar-refractivity contribution in [3.8, 4) is 11.3 Å². The Bertz CT molecular complexity index is 1270. The number of nitrogens with one attached hydrogen (secondary N) is 1. The number of benzene rings is 1. The van der Waals surface area contributed by atoms with E-state index in [1.807, 2.05) is 31.6 Å². The summed E-state index contributed by atoms with van der Waals surface area (Å²) >= 11 is 0. The summed E-state index contributed by atoms with van der Waals surface area (Å²) in [5.41, 5.74) is 3.72. The molecular weight excluding hydrogens is 390 g/mol. The summed E-state index contributed by atoms with van der Waals surface area (Å²) < 4.78 is 9.21. The number of aromatic nitrogens is 4. The van der Waals surface area contributed by atoms with Gasteiger partial charge in [0.05, 0.1) is 12.2 Å². The minimum Gasteiger partial charge on any atom is -0.381 e. The average molecular weight is 415 g/mol. The van der Waals surface area contributed by atoms with E-state index in [1.54, 1.807) is 16.8 Å². The van der Waals surface area contributed by atoms with Crippen LogP contribution in [0.4, 0.5) is 5.95 Å². The smallest absolute Gasteiger partial charge is 0.251 e. The number of anilines is 1. The van der Waals surface area contributed by atoms with E-state index >= 15 is 0 Å². The van der Waals surface area contributed by atoms with E-state index in [-0.39, 0.29) is 5.56 Å². The van der Waals surface area contributed by atoms with Crippen molar-refractivity contribution in [1.29, 1.82) is 0 Å². The molecule has 1 aliphatic heterocycles. The number of fused-ring (bicyclic) bond motifs is 1. The molecule has 0 bridgehead atoms. The molecule has 1 N–H and O–H groups in total. The van der Waals surface area contributed by atoms with Gasteiger partial charge in [0.2, 0.25) is 5.95 Å². The van der Waals surface area contributed by atoms with E-state index < -0.39 is 0 Å². The first kappa shape index (κ1) is 19.5. The van der Waals surface area contributed by atoms with Crippen molar-refractivity contribution in [3.05, 3.63) is 77.0 Å². The van der Waals surface area contributed by atoms with Crippen LogP contribution in [0.25, 0.3) is 22.2 Å². The molecule has 31 heavy (non-hydrogen) atoms. The summed E-state index contributed by atoms with van der Waals surface area (Å²) in [6, 6.07) is 14.1. The number of pyridine rings is 1. The predicted molar refractivity (Wildman–Crippen MR) is 121 cm³/mol. The van der Waals surface area contributed by atoms with Crippen LogP contribution in [0.15, 0.2) is 65.8 Å². The highest BCUT2D eigenvalue weighted by Gasteiger charge is 2.15. The SMILES string of the molecule is Cn1ccc2ccc(Cn3ccc(-c4ccnc(NC5CCOCC5)n4)cc3=O)cc21. The molecule has 1 saturated heterocycles. The molecule has 4 heterocycles. The first-order chi connectivity index (χ1) is 15.2. The van der Waals surface area contributed by atoms with Crippen LogP contribution in [0.1, 0.15) is 18.4 Å². The van der Waals surface area contributed by atoms with Crippen LogP contribution in [0, 0.1) is 0 Å². The fourth-order valence-corrected chi connectivity index (χ4v) is 4.01. The zero-order valence-electron chi connectivity index (χ0n) is 17.5. The van der Waals surface area contributed by atoms with Crippen molar-refractivity contribution in [3.63, 3.8) is 0 Å². The lowest BCUT2D eigenvalue weighted by Crippen LogP contribution is -2.28. The largest absolute Gasteiger partial charge is 0.381 e. The minimum atomic E-state index is -0.0537. The highest BCUT2D eigenvalue weighted by atomic mass is 16.5. The van der Waals surface area contributed by atoms with Crippen LogP contribution in [0.5, 0.6) is 0 Å². The van der Waals surface area contributed by atoms with E-state index in [2.05, 4.69) is 44.1 Å². The number of nitrogens with zero attached hydrogens (tertiary/aromatic N) is 4. The van der Waals surface area contributed by atoms with Gasteiger partial charge in [-0.15, -0.1) is 0 Å². The molecule has 7 nitrogen and oxygen atoms in total. The lowest BCUT2D eigenvalue weighted by Gasteiger charge is -2.23. The maximum absolute atomic E-state index is 12.8. The second-order valence-corrected chi connectivity index (χ2v) is 8.00. The van der Waals surface area contributed by atoms with Crippen LogP contribution in [-0.4, -0.2) is 38.4 Å². The molecule has 0 spiro atoms. The molecule has 0 saturated carbocycles. The summed E-state index contributed by atoms with van der Waals surface area (Å²) in [5, 5.41) is 4.58. The third-order valence-corrected chi connectivity index (χ3v) is 5.81.